The van der Waals surface area contributed by atoms with Gasteiger partial charge in [0.25, 0.3) is 0 Å². The van der Waals surface area contributed by atoms with Crippen molar-refractivity contribution in [2.24, 2.45) is 0 Å². The Labute approximate surface area is 147 Å². The Morgan fingerprint density at radius 2 is 1.27 bits per heavy atom. The van der Waals surface area contributed by atoms with Crippen molar-refractivity contribution in [2.45, 2.75) is 13.8 Å². The predicted octanol–water partition coefficient (Wildman–Crippen LogP) is 2.21. The molecule has 3 N–H and O–H groups in total. The van der Waals surface area contributed by atoms with Crippen LogP contribution in [-0.4, -0.2) is 38.8 Å². The van der Waals surface area contributed by atoms with Gasteiger partial charge in [0.05, 0.1) is 5.56 Å². The first kappa shape index (κ1) is 18.7. The smallest absolute Gasteiger partial charge is 0.349 e. The van der Waals surface area contributed by atoms with Crippen molar-refractivity contribution in [3.8, 4) is 17.2 Å². The van der Waals surface area contributed by atoms with Crippen LogP contribution in [0.25, 0.3) is 0 Å². The average molecular weight is 358 g/mol. The molecule has 0 aliphatic rings. The number of hydrogen-bond acceptors (Lipinski definition) is 8. The van der Waals surface area contributed by atoms with E-state index < -0.39 is 57.4 Å². The van der Waals surface area contributed by atoms with Crippen LogP contribution < -0.4 is 0 Å². The molecule has 26 heavy (non-hydrogen) atoms. The Hall–Kier alpha value is -3.68. The lowest BCUT2D eigenvalue weighted by Crippen LogP contribution is -2.14. The zero-order valence-electron chi connectivity index (χ0n) is 13.8. The lowest BCUT2D eigenvalue weighted by molar-refractivity contribution is 0.0394. The summed E-state index contributed by atoms with van der Waals surface area (Å²) in [5, 5.41) is 29.5. The van der Waals surface area contributed by atoms with Crippen molar-refractivity contribution < 1.29 is 39.2 Å². The van der Waals surface area contributed by atoms with Crippen molar-refractivity contribution in [1.29, 1.82) is 0 Å². The number of carbonyl (C=O) groups is 4. The molecule has 8 heteroatoms. The second kappa shape index (κ2) is 7.06. The highest BCUT2D eigenvalue weighted by Gasteiger charge is 2.25. The van der Waals surface area contributed by atoms with E-state index in [1.165, 1.54) is 19.1 Å². The zero-order chi connectivity index (χ0) is 19.6. The molecule has 0 unspecified atom stereocenters. The highest BCUT2D eigenvalue weighted by Crippen LogP contribution is 2.32. The van der Waals surface area contributed by atoms with Gasteiger partial charge in [-0.05, 0) is 38.1 Å². The number of phenols is 3. The van der Waals surface area contributed by atoms with E-state index in [2.05, 4.69) is 4.74 Å². The molecule has 8 nitrogen and oxygen atoms in total. The standard InChI is InChI=1S/C18H14O8/c1-8(19)10-4-3-5-11(15(10)22)17(24)26-18(25)12-6-7-13(21)14(9(2)20)16(12)23/h3-7,21-23H,1-2H3. The van der Waals surface area contributed by atoms with Gasteiger partial charge in [0.2, 0.25) is 0 Å². The second-order valence-electron chi connectivity index (χ2n) is 5.35. The highest BCUT2D eigenvalue weighted by molar-refractivity contribution is 6.09. The summed E-state index contributed by atoms with van der Waals surface area (Å²) in [6, 6.07) is 5.73. The van der Waals surface area contributed by atoms with Gasteiger partial charge in [0.15, 0.2) is 11.6 Å². The molecule has 0 bridgehead atoms. The fourth-order valence-corrected chi connectivity index (χ4v) is 2.28. The van der Waals surface area contributed by atoms with E-state index in [1.807, 2.05) is 0 Å². The van der Waals surface area contributed by atoms with E-state index >= 15 is 0 Å². The Morgan fingerprint density at radius 1 is 0.731 bits per heavy atom. The summed E-state index contributed by atoms with van der Waals surface area (Å²) in [4.78, 5) is 47.1. The first-order valence-electron chi connectivity index (χ1n) is 7.30. The molecular formula is C18H14O8. The van der Waals surface area contributed by atoms with Crippen LogP contribution in [0.3, 0.4) is 0 Å². The predicted molar refractivity (Wildman–Crippen MR) is 87.6 cm³/mol. The second-order valence-corrected chi connectivity index (χ2v) is 5.35. The molecule has 2 aromatic rings. The summed E-state index contributed by atoms with van der Waals surface area (Å²) in [5.74, 6) is -5.77. The summed E-state index contributed by atoms with van der Waals surface area (Å²) >= 11 is 0. The van der Waals surface area contributed by atoms with Crippen molar-refractivity contribution >= 4 is 23.5 Å². The quantitative estimate of drug-likeness (QED) is 0.429. The maximum absolute atomic E-state index is 12.1. The lowest BCUT2D eigenvalue weighted by Gasteiger charge is -2.10. The fourth-order valence-electron chi connectivity index (χ4n) is 2.28. The number of para-hydroxylation sites is 1. The van der Waals surface area contributed by atoms with E-state index in [9.17, 15) is 34.5 Å². The number of phenolic OH excluding ortho intramolecular Hbond substituents is 3. The van der Waals surface area contributed by atoms with Crippen LogP contribution in [0.2, 0.25) is 0 Å². The normalized spacial score (nSPS) is 10.2. The van der Waals surface area contributed by atoms with Gasteiger partial charge >= 0.3 is 11.9 Å². The topological polar surface area (TPSA) is 138 Å². The minimum atomic E-state index is -1.30. The highest BCUT2D eigenvalue weighted by atomic mass is 16.6. The monoisotopic (exact) mass is 358 g/mol. The van der Waals surface area contributed by atoms with Crippen LogP contribution in [0, 0.1) is 0 Å². The SMILES string of the molecule is CC(=O)c1cccc(C(=O)OC(=O)c2ccc(O)c(C(C)=O)c2O)c1O. The van der Waals surface area contributed by atoms with Crippen molar-refractivity contribution in [3.63, 3.8) is 0 Å². The summed E-state index contributed by atoms with van der Waals surface area (Å²) in [6.45, 7) is 2.26. The minimum absolute atomic E-state index is 0.127. The third kappa shape index (κ3) is 3.39. The number of rotatable bonds is 4. The molecule has 134 valence electrons. The van der Waals surface area contributed by atoms with Crippen LogP contribution >= 0.6 is 0 Å². The van der Waals surface area contributed by atoms with E-state index in [1.54, 1.807) is 0 Å². The minimum Gasteiger partial charge on any atom is -0.507 e. The Kier molecular flexibility index (Phi) is 5.06. The number of benzene rings is 2. The molecule has 0 aliphatic heterocycles. The number of ether oxygens (including phenoxy) is 1. The van der Waals surface area contributed by atoms with Crippen molar-refractivity contribution in [3.05, 3.63) is 52.6 Å². The summed E-state index contributed by atoms with van der Waals surface area (Å²) in [6.07, 6.45) is 0. The van der Waals surface area contributed by atoms with Crippen molar-refractivity contribution in [1.82, 2.24) is 0 Å². The van der Waals surface area contributed by atoms with Crippen molar-refractivity contribution in [2.75, 3.05) is 0 Å². The Bertz CT molecular complexity index is 942. The van der Waals surface area contributed by atoms with Crippen LogP contribution in [0.1, 0.15) is 55.3 Å². The molecule has 0 amide bonds. The van der Waals surface area contributed by atoms with Crippen LogP contribution in [-0.2, 0) is 4.74 Å². The Morgan fingerprint density at radius 3 is 1.81 bits per heavy atom. The molecule has 0 aromatic heterocycles. The molecule has 0 atom stereocenters. The maximum Gasteiger partial charge on any atom is 0.349 e. The molecule has 0 radical (unpaired) electrons. The van der Waals surface area contributed by atoms with E-state index in [0.717, 1.165) is 25.1 Å². The van der Waals surface area contributed by atoms with Gasteiger partial charge in [-0.15, -0.1) is 0 Å². The first-order valence-corrected chi connectivity index (χ1v) is 7.30. The van der Waals surface area contributed by atoms with Gasteiger partial charge in [-0.3, -0.25) is 9.59 Å². The number of Topliss-reactive ketones (excluding diaryl/α,β-unsaturated/α-hetero) is 2. The molecule has 0 spiro atoms. The van der Waals surface area contributed by atoms with Crippen LogP contribution in [0.5, 0.6) is 17.2 Å². The molecule has 0 saturated heterocycles. The molecule has 2 aromatic carbocycles. The molecule has 2 rings (SSSR count). The third-order valence-corrected chi connectivity index (χ3v) is 3.55. The number of carbonyl (C=O) groups excluding carboxylic acids is 4. The third-order valence-electron chi connectivity index (χ3n) is 3.55. The van der Waals surface area contributed by atoms with E-state index in [0.29, 0.717) is 0 Å². The van der Waals surface area contributed by atoms with Crippen LogP contribution in [0.4, 0.5) is 0 Å². The number of ketones is 2. The van der Waals surface area contributed by atoms with Gasteiger partial charge < -0.3 is 20.1 Å². The summed E-state index contributed by atoms with van der Waals surface area (Å²) in [5.41, 5.74) is -1.56. The van der Waals surface area contributed by atoms with Crippen LogP contribution in [0.15, 0.2) is 30.3 Å². The maximum atomic E-state index is 12.1. The number of hydrogen-bond donors (Lipinski definition) is 3. The van der Waals surface area contributed by atoms with Gasteiger partial charge in [-0.1, -0.05) is 6.07 Å². The zero-order valence-corrected chi connectivity index (χ0v) is 13.8. The molecule has 0 fully saturated rings. The van der Waals surface area contributed by atoms with Gasteiger partial charge in [0.1, 0.15) is 33.9 Å². The Balaban J connectivity index is 2.36. The lowest BCUT2D eigenvalue weighted by atomic mass is 10.0. The largest absolute Gasteiger partial charge is 0.507 e. The van der Waals surface area contributed by atoms with Gasteiger partial charge in [-0.25, -0.2) is 9.59 Å². The van der Waals surface area contributed by atoms with Gasteiger partial charge in [-0.2, -0.15) is 0 Å². The molecular weight excluding hydrogens is 344 g/mol. The first-order chi connectivity index (χ1) is 12.1. The molecule has 0 heterocycles. The number of aromatic hydroxyl groups is 3. The summed E-state index contributed by atoms with van der Waals surface area (Å²) < 4.78 is 4.59. The average Bonchev–Trinajstić information content (AvgIpc) is 2.54. The fraction of sp³-hybridized carbons (Fsp3) is 0.111. The number of esters is 2. The molecule has 0 aliphatic carbocycles. The molecule has 0 saturated carbocycles. The van der Waals surface area contributed by atoms with E-state index in [4.69, 9.17) is 0 Å². The van der Waals surface area contributed by atoms with Gasteiger partial charge in [0, 0.05) is 0 Å². The summed E-state index contributed by atoms with van der Waals surface area (Å²) in [7, 11) is 0. The van der Waals surface area contributed by atoms with E-state index in [-0.39, 0.29) is 5.56 Å².